The summed E-state index contributed by atoms with van der Waals surface area (Å²) in [7, 11) is 0. The first-order valence-corrected chi connectivity index (χ1v) is 7.66. The maximum absolute atomic E-state index is 11.0. The highest BCUT2D eigenvalue weighted by atomic mass is 79.9. The molecule has 2 rings (SSSR count). The van der Waals surface area contributed by atoms with Crippen molar-refractivity contribution in [2.45, 2.75) is 25.8 Å². The smallest absolute Gasteiger partial charge is 0.217 e. The summed E-state index contributed by atoms with van der Waals surface area (Å²) in [6.07, 6.45) is 2.71. The number of nitrogens with zero attached hydrogens (tertiary/aromatic N) is 1. The van der Waals surface area contributed by atoms with Crippen molar-refractivity contribution >= 4 is 33.4 Å². The molecule has 2 N–H and O–H groups in total. The van der Waals surface area contributed by atoms with Gasteiger partial charge in [-0.05, 0) is 49.1 Å². The molecule has 0 radical (unpaired) electrons. The van der Waals surface area contributed by atoms with Crippen molar-refractivity contribution in [3.8, 4) is 0 Å². The molecule has 0 aromatic heterocycles. The molecule has 1 aliphatic heterocycles. The van der Waals surface area contributed by atoms with Crippen molar-refractivity contribution in [3.63, 3.8) is 0 Å². The predicted octanol–water partition coefficient (Wildman–Crippen LogP) is 3.19. The summed E-state index contributed by atoms with van der Waals surface area (Å²) in [5.74, 6) is 0.194. The SMILES string of the molecule is NC(=O)C[C@H]1CCCN(Cc2cc(Cl)ccc2Br)C1. The molecule has 0 aliphatic carbocycles. The minimum Gasteiger partial charge on any atom is -0.370 e. The van der Waals surface area contributed by atoms with E-state index in [1.165, 1.54) is 5.56 Å². The van der Waals surface area contributed by atoms with Crippen LogP contribution in [0.4, 0.5) is 0 Å². The fraction of sp³-hybridized carbons (Fsp3) is 0.500. The third-order valence-corrected chi connectivity index (χ3v) is 4.50. The zero-order valence-electron chi connectivity index (χ0n) is 10.7. The van der Waals surface area contributed by atoms with Gasteiger partial charge in [-0.3, -0.25) is 9.69 Å². The van der Waals surface area contributed by atoms with E-state index in [1.54, 1.807) is 0 Å². The summed E-state index contributed by atoms with van der Waals surface area (Å²) in [6, 6.07) is 5.84. The average Bonchev–Trinajstić information content (AvgIpc) is 2.33. The highest BCUT2D eigenvalue weighted by Gasteiger charge is 2.21. The summed E-state index contributed by atoms with van der Waals surface area (Å²) in [6.45, 7) is 2.85. The Kier molecular flexibility index (Phi) is 5.25. The Morgan fingerprint density at radius 2 is 2.32 bits per heavy atom. The zero-order valence-corrected chi connectivity index (χ0v) is 13.1. The van der Waals surface area contributed by atoms with Gasteiger partial charge in [0.05, 0.1) is 0 Å². The van der Waals surface area contributed by atoms with E-state index in [9.17, 15) is 4.79 Å². The number of amides is 1. The van der Waals surface area contributed by atoms with Gasteiger partial charge in [0.15, 0.2) is 0 Å². The number of hydrogen-bond acceptors (Lipinski definition) is 2. The molecule has 0 unspecified atom stereocenters. The molecule has 1 atom stereocenters. The highest BCUT2D eigenvalue weighted by Crippen LogP contribution is 2.26. The number of carbonyl (C=O) groups excluding carboxylic acids is 1. The lowest BCUT2D eigenvalue weighted by atomic mass is 9.94. The van der Waals surface area contributed by atoms with E-state index in [-0.39, 0.29) is 5.91 Å². The van der Waals surface area contributed by atoms with Gasteiger partial charge >= 0.3 is 0 Å². The first kappa shape index (κ1) is 14.8. The molecule has 1 aliphatic rings. The minimum absolute atomic E-state index is 0.198. The van der Waals surface area contributed by atoms with Crippen LogP contribution >= 0.6 is 27.5 Å². The van der Waals surface area contributed by atoms with Crippen molar-refractivity contribution in [1.29, 1.82) is 0 Å². The Balaban J connectivity index is 1.98. The van der Waals surface area contributed by atoms with Crippen molar-refractivity contribution in [2.75, 3.05) is 13.1 Å². The number of hydrogen-bond donors (Lipinski definition) is 1. The number of carbonyl (C=O) groups is 1. The van der Waals surface area contributed by atoms with Crippen LogP contribution in [0.5, 0.6) is 0 Å². The molecule has 1 heterocycles. The van der Waals surface area contributed by atoms with Gasteiger partial charge in [0, 0.05) is 29.0 Å². The molecule has 104 valence electrons. The second-order valence-electron chi connectivity index (χ2n) is 5.15. The molecule has 1 aromatic rings. The first-order chi connectivity index (χ1) is 9.04. The Morgan fingerprint density at radius 1 is 1.53 bits per heavy atom. The van der Waals surface area contributed by atoms with Crippen LogP contribution in [0, 0.1) is 5.92 Å². The van der Waals surface area contributed by atoms with Gasteiger partial charge in [-0.25, -0.2) is 0 Å². The van der Waals surface area contributed by atoms with E-state index in [4.69, 9.17) is 17.3 Å². The lowest BCUT2D eigenvalue weighted by Gasteiger charge is -2.32. The molecule has 3 nitrogen and oxygen atoms in total. The predicted molar refractivity (Wildman–Crippen MR) is 81.0 cm³/mol. The molecule has 1 aromatic carbocycles. The monoisotopic (exact) mass is 344 g/mol. The lowest BCUT2D eigenvalue weighted by Crippen LogP contribution is -2.36. The van der Waals surface area contributed by atoms with Crippen LogP contribution in [0.1, 0.15) is 24.8 Å². The summed E-state index contributed by atoms with van der Waals surface area (Å²) in [5.41, 5.74) is 6.47. The van der Waals surface area contributed by atoms with Crippen LogP contribution in [0.3, 0.4) is 0 Å². The summed E-state index contributed by atoms with van der Waals surface area (Å²) in [4.78, 5) is 13.4. The number of piperidine rings is 1. The third kappa shape index (κ3) is 4.48. The fourth-order valence-corrected chi connectivity index (χ4v) is 3.22. The van der Waals surface area contributed by atoms with E-state index in [0.29, 0.717) is 12.3 Å². The summed E-state index contributed by atoms with van der Waals surface area (Å²) < 4.78 is 1.08. The number of rotatable bonds is 4. The van der Waals surface area contributed by atoms with E-state index in [2.05, 4.69) is 20.8 Å². The fourth-order valence-electron chi connectivity index (χ4n) is 2.65. The van der Waals surface area contributed by atoms with Gasteiger partial charge in [-0.2, -0.15) is 0 Å². The number of halogens is 2. The van der Waals surface area contributed by atoms with E-state index in [1.807, 2.05) is 18.2 Å². The molecule has 1 saturated heterocycles. The summed E-state index contributed by atoms with van der Waals surface area (Å²) >= 11 is 9.58. The van der Waals surface area contributed by atoms with Crippen LogP contribution in [-0.4, -0.2) is 23.9 Å². The topological polar surface area (TPSA) is 46.3 Å². The molecular formula is C14H18BrClN2O. The molecule has 0 saturated carbocycles. The highest BCUT2D eigenvalue weighted by molar-refractivity contribution is 9.10. The molecule has 5 heteroatoms. The van der Waals surface area contributed by atoms with Crippen molar-refractivity contribution < 1.29 is 4.79 Å². The summed E-state index contributed by atoms with van der Waals surface area (Å²) in [5, 5.41) is 0.754. The minimum atomic E-state index is -0.198. The van der Waals surface area contributed by atoms with E-state index in [0.717, 1.165) is 42.0 Å². The van der Waals surface area contributed by atoms with Gasteiger partial charge in [0.25, 0.3) is 0 Å². The van der Waals surface area contributed by atoms with Crippen LogP contribution < -0.4 is 5.73 Å². The van der Waals surface area contributed by atoms with Crippen LogP contribution in [0.25, 0.3) is 0 Å². The standard InChI is InChI=1S/C14H18BrClN2O/c15-13-4-3-12(16)7-11(13)9-18-5-1-2-10(8-18)6-14(17)19/h3-4,7,10H,1-2,5-6,8-9H2,(H2,17,19)/t10-/m1/s1. The maximum Gasteiger partial charge on any atom is 0.217 e. The Bertz CT molecular complexity index is 467. The molecular weight excluding hydrogens is 328 g/mol. The Hall–Kier alpha value is -0.580. The van der Waals surface area contributed by atoms with Crippen LogP contribution in [0.2, 0.25) is 5.02 Å². The first-order valence-electron chi connectivity index (χ1n) is 6.49. The van der Waals surface area contributed by atoms with Crippen molar-refractivity contribution in [3.05, 3.63) is 33.3 Å². The number of benzene rings is 1. The van der Waals surface area contributed by atoms with Gasteiger partial charge in [0.1, 0.15) is 0 Å². The number of primary amides is 1. The molecule has 1 fully saturated rings. The zero-order chi connectivity index (χ0) is 13.8. The lowest BCUT2D eigenvalue weighted by molar-refractivity contribution is -0.119. The average molecular weight is 346 g/mol. The van der Waals surface area contributed by atoms with Crippen LogP contribution in [0.15, 0.2) is 22.7 Å². The number of nitrogens with two attached hydrogens (primary N) is 1. The maximum atomic E-state index is 11.0. The second kappa shape index (κ2) is 6.73. The van der Waals surface area contributed by atoms with Crippen LogP contribution in [-0.2, 0) is 11.3 Å². The van der Waals surface area contributed by atoms with Gasteiger partial charge < -0.3 is 5.73 Å². The van der Waals surface area contributed by atoms with Gasteiger partial charge in [-0.1, -0.05) is 27.5 Å². The quantitative estimate of drug-likeness (QED) is 0.911. The number of likely N-dealkylation sites (tertiary alicyclic amines) is 1. The molecule has 1 amide bonds. The normalized spacial score (nSPS) is 20.4. The van der Waals surface area contributed by atoms with E-state index >= 15 is 0 Å². The second-order valence-corrected chi connectivity index (χ2v) is 6.44. The molecule has 19 heavy (non-hydrogen) atoms. The Morgan fingerprint density at radius 3 is 3.05 bits per heavy atom. The van der Waals surface area contributed by atoms with E-state index < -0.39 is 0 Å². The van der Waals surface area contributed by atoms with Gasteiger partial charge in [0.2, 0.25) is 5.91 Å². The largest absolute Gasteiger partial charge is 0.370 e. The van der Waals surface area contributed by atoms with Gasteiger partial charge in [-0.15, -0.1) is 0 Å². The van der Waals surface area contributed by atoms with Crippen molar-refractivity contribution in [2.24, 2.45) is 11.7 Å². The molecule has 0 bridgehead atoms. The Labute approximate surface area is 127 Å². The molecule has 0 spiro atoms. The van der Waals surface area contributed by atoms with Crippen molar-refractivity contribution in [1.82, 2.24) is 4.90 Å². The third-order valence-electron chi connectivity index (χ3n) is 3.49.